The van der Waals surface area contributed by atoms with Crippen molar-refractivity contribution in [2.24, 2.45) is 0 Å². The second-order valence-electron chi connectivity index (χ2n) is 5.13. The van der Waals surface area contributed by atoms with Crippen molar-refractivity contribution in [3.8, 4) is 0 Å². The van der Waals surface area contributed by atoms with Crippen LogP contribution in [-0.2, 0) is 10.0 Å². The molecule has 0 aliphatic rings. The maximum Gasteiger partial charge on any atom is 0.241 e. The standard InChI is InChI=1S/C16H18ClNO2S/c1-11-8-9-16(12(2)10-11)21(19,20)18-13(3)14-6-4-5-7-15(14)17/h4-10,13,18H,1-3H3. The molecule has 0 amide bonds. The van der Waals surface area contributed by atoms with Gasteiger partial charge in [-0.2, -0.15) is 0 Å². The van der Waals surface area contributed by atoms with Gasteiger partial charge in [0.2, 0.25) is 10.0 Å². The fourth-order valence-corrected chi connectivity index (χ4v) is 4.04. The molecule has 0 fully saturated rings. The van der Waals surface area contributed by atoms with Gasteiger partial charge in [-0.25, -0.2) is 13.1 Å². The highest BCUT2D eigenvalue weighted by Crippen LogP contribution is 2.25. The van der Waals surface area contributed by atoms with Gasteiger partial charge in [-0.3, -0.25) is 0 Å². The molecule has 0 saturated heterocycles. The van der Waals surface area contributed by atoms with Crippen LogP contribution in [0.3, 0.4) is 0 Å². The Bertz CT molecular complexity index is 757. The van der Waals surface area contributed by atoms with E-state index in [1.807, 2.05) is 31.2 Å². The number of benzene rings is 2. The highest BCUT2D eigenvalue weighted by molar-refractivity contribution is 7.89. The molecule has 2 aromatic rings. The van der Waals surface area contributed by atoms with Gasteiger partial charge in [0, 0.05) is 11.1 Å². The van der Waals surface area contributed by atoms with E-state index in [1.54, 1.807) is 32.0 Å². The van der Waals surface area contributed by atoms with Crippen LogP contribution >= 0.6 is 11.6 Å². The molecular weight excluding hydrogens is 306 g/mol. The van der Waals surface area contributed by atoms with Gasteiger partial charge >= 0.3 is 0 Å². The molecule has 21 heavy (non-hydrogen) atoms. The van der Waals surface area contributed by atoms with E-state index in [0.717, 1.165) is 16.7 Å². The Balaban J connectivity index is 2.31. The number of nitrogens with one attached hydrogen (secondary N) is 1. The van der Waals surface area contributed by atoms with E-state index in [4.69, 9.17) is 11.6 Å². The first-order chi connectivity index (χ1) is 9.81. The van der Waals surface area contributed by atoms with Crippen molar-refractivity contribution in [2.45, 2.75) is 31.7 Å². The molecule has 1 atom stereocenters. The van der Waals surface area contributed by atoms with Crippen LogP contribution in [0.5, 0.6) is 0 Å². The van der Waals surface area contributed by atoms with E-state index in [1.165, 1.54) is 0 Å². The van der Waals surface area contributed by atoms with Crippen LogP contribution in [0.15, 0.2) is 47.4 Å². The summed E-state index contributed by atoms with van der Waals surface area (Å²) in [5, 5.41) is 0.549. The van der Waals surface area contributed by atoms with Crippen molar-refractivity contribution in [1.29, 1.82) is 0 Å². The van der Waals surface area contributed by atoms with Crippen molar-refractivity contribution in [1.82, 2.24) is 4.72 Å². The third-order valence-corrected chi connectivity index (χ3v) is 5.37. The Morgan fingerprint density at radius 2 is 1.76 bits per heavy atom. The summed E-state index contributed by atoms with van der Waals surface area (Å²) >= 11 is 6.11. The van der Waals surface area contributed by atoms with Crippen molar-refractivity contribution >= 4 is 21.6 Å². The first kappa shape index (κ1) is 16.0. The lowest BCUT2D eigenvalue weighted by molar-refractivity contribution is 0.566. The molecule has 1 N–H and O–H groups in total. The lowest BCUT2D eigenvalue weighted by Crippen LogP contribution is -2.27. The highest BCUT2D eigenvalue weighted by atomic mass is 35.5. The first-order valence-corrected chi connectivity index (χ1v) is 8.51. The molecule has 0 spiro atoms. The van der Waals surface area contributed by atoms with Gasteiger partial charge in [0.1, 0.15) is 0 Å². The van der Waals surface area contributed by atoms with E-state index in [-0.39, 0.29) is 0 Å². The minimum Gasteiger partial charge on any atom is -0.207 e. The molecule has 5 heteroatoms. The molecule has 1 unspecified atom stereocenters. The minimum absolute atomic E-state index is 0.298. The summed E-state index contributed by atoms with van der Waals surface area (Å²) in [7, 11) is -3.58. The molecule has 0 aromatic heterocycles. The zero-order chi connectivity index (χ0) is 15.6. The summed E-state index contributed by atoms with van der Waals surface area (Å²) in [5.74, 6) is 0. The number of sulfonamides is 1. The number of rotatable bonds is 4. The quantitative estimate of drug-likeness (QED) is 0.924. The Kier molecular flexibility index (Phi) is 4.71. The predicted octanol–water partition coefficient (Wildman–Crippen LogP) is 4.00. The summed E-state index contributed by atoms with van der Waals surface area (Å²) in [4.78, 5) is 0.298. The largest absolute Gasteiger partial charge is 0.241 e. The topological polar surface area (TPSA) is 46.2 Å². The van der Waals surface area contributed by atoms with Crippen LogP contribution in [-0.4, -0.2) is 8.42 Å². The minimum atomic E-state index is -3.58. The SMILES string of the molecule is Cc1ccc(S(=O)(=O)NC(C)c2ccccc2Cl)c(C)c1. The number of hydrogen-bond acceptors (Lipinski definition) is 2. The van der Waals surface area contributed by atoms with Crippen LogP contribution in [0, 0.1) is 13.8 Å². The van der Waals surface area contributed by atoms with Crippen molar-refractivity contribution in [3.05, 3.63) is 64.2 Å². The highest BCUT2D eigenvalue weighted by Gasteiger charge is 2.21. The van der Waals surface area contributed by atoms with Gasteiger partial charge in [0.15, 0.2) is 0 Å². The van der Waals surface area contributed by atoms with Crippen molar-refractivity contribution in [3.63, 3.8) is 0 Å². The smallest absolute Gasteiger partial charge is 0.207 e. The van der Waals surface area contributed by atoms with E-state index in [9.17, 15) is 8.42 Å². The van der Waals surface area contributed by atoms with Crippen LogP contribution < -0.4 is 4.72 Å². The Morgan fingerprint density at radius 1 is 1.10 bits per heavy atom. The molecule has 0 aliphatic heterocycles. The van der Waals surface area contributed by atoms with E-state index in [2.05, 4.69) is 4.72 Å². The van der Waals surface area contributed by atoms with Gasteiger partial charge in [-0.1, -0.05) is 47.5 Å². The average Bonchev–Trinajstić information content (AvgIpc) is 2.37. The van der Waals surface area contributed by atoms with Crippen LogP contribution in [0.4, 0.5) is 0 Å². The van der Waals surface area contributed by atoms with Gasteiger partial charge in [0.05, 0.1) is 4.90 Å². The Hall–Kier alpha value is -1.36. The van der Waals surface area contributed by atoms with E-state index in [0.29, 0.717) is 9.92 Å². The van der Waals surface area contributed by atoms with Crippen LogP contribution in [0.1, 0.15) is 29.7 Å². The van der Waals surface area contributed by atoms with Crippen molar-refractivity contribution < 1.29 is 8.42 Å². The molecule has 112 valence electrons. The van der Waals surface area contributed by atoms with Gasteiger partial charge in [0.25, 0.3) is 0 Å². The average molecular weight is 324 g/mol. The molecule has 2 rings (SSSR count). The maximum absolute atomic E-state index is 12.5. The maximum atomic E-state index is 12.5. The molecule has 0 saturated carbocycles. The second kappa shape index (κ2) is 6.18. The molecular formula is C16H18ClNO2S. The zero-order valence-electron chi connectivity index (χ0n) is 12.2. The number of halogens is 1. The second-order valence-corrected chi connectivity index (χ2v) is 7.22. The Labute approximate surface area is 131 Å². The lowest BCUT2D eigenvalue weighted by Gasteiger charge is -2.17. The van der Waals surface area contributed by atoms with Gasteiger partial charge < -0.3 is 0 Å². The predicted molar refractivity (Wildman–Crippen MR) is 86.1 cm³/mol. The summed E-state index contributed by atoms with van der Waals surface area (Å²) in [6.07, 6.45) is 0. The Morgan fingerprint density at radius 3 is 2.38 bits per heavy atom. The molecule has 3 nitrogen and oxygen atoms in total. The summed E-state index contributed by atoms with van der Waals surface area (Å²) in [6, 6.07) is 12.1. The lowest BCUT2D eigenvalue weighted by atomic mass is 10.1. The van der Waals surface area contributed by atoms with Crippen molar-refractivity contribution in [2.75, 3.05) is 0 Å². The van der Waals surface area contributed by atoms with Crippen LogP contribution in [0.2, 0.25) is 5.02 Å². The molecule has 0 aliphatic carbocycles. The van der Waals surface area contributed by atoms with E-state index >= 15 is 0 Å². The molecule has 2 aromatic carbocycles. The van der Waals surface area contributed by atoms with Crippen LogP contribution in [0.25, 0.3) is 0 Å². The molecule has 0 bridgehead atoms. The molecule has 0 radical (unpaired) electrons. The first-order valence-electron chi connectivity index (χ1n) is 6.65. The third kappa shape index (κ3) is 3.64. The number of hydrogen-bond donors (Lipinski definition) is 1. The fraction of sp³-hybridized carbons (Fsp3) is 0.250. The fourth-order valence-electron chi connectivity index (χ4n) is 2.29. The summed E-state index contributed by atoms with van der Waals surface area (Å²) in [5.41, 5.74) is 2.52. The van der Waals surface area contributed by atoms with Gasteiger partial charge in [-0.15, -0.1) is 0 Å². The normalized spacial score (nSPS) is 13.1. The third-order valence-electron chi connectivity index (χ3n) is 3.32. The molecule has 0 heterocycles. The summed E-state index contributed by atoms with van der Waals surface area (Å²) < 4.78 is 27.7. The number of aryl methyl sites for hydroxylation is 2. The van der Waals surface area contributed by atoms with Gasteiger partial charge in [-0.05, 0) is 44.0 Å². The zero-order valence-corrected chi connectivity index (χ0v) is 13.8. The monoisotopic (exact) mass is 323 g/mol. The van der Waals surface area contributed by atoms with E-state index < -0.39 is 16.1 Å². The summed E-state index contributed by atoms with van der Waals surface area (Å²) in [6.45, 7) is 5.51.